The third kappa shape index (κ3) is 3.62. The number of aliphatic imine (C=N–C) groups is 1. The summed E-state index contributed by atoms with van der Waals surface area (Å²) in [4.78, 5) is 5.10. The summed E-state index contributed by atoms with van der Waals surface area (Å²) in [6, 6.07) is 15.0. The second-order valence-corrected chi connectivity index (χ2v) is 11.5. The Bertz CT molecular complexity index is 952. The van der Waals surface area contributed by atoms with Crippen LogP contribution in [0.4, 0.5) is 0 Å². The number of hydrogen-bond acceptors (Lipinski definition) is 2. The highest BCUT2D eigenvalue weighted by Gasteiger charge is 2.53. The fourth-order valence-corrected chi connectivity index (χ4v) is 7.43. The molecule has 0 aliphatic heterocycles. The number of rotatable bonds is 5. The van der Waals surface area contributed by atoms with E-state index in [4.69, 9.17) is 4.99 Å². The van der Waals surface area contributed by atoms with E-state index in [0.717, 1.165) is 28.9 Å². The Balaban J connectivity index is 1.44. The van der Waals surface area contributed by atoms with Gasteiger partial charge in [0.15, 0.2) is 0 Å². The maximum Gasteiger partial charge on any atom is 0.128 e. The van der Waals surface area contributed by atoms with Gasteiger partial charge in [0, 0.05) is 22.8 Å². The Morgan fingerprint density at radius 3 is 2.16 bits per heavy atom. The SMILES string of the molecule is Cc1cc(C=NC(C)C23CC4CC(CC(C4)C2)C3)c(O)c(C(C)(C)c2ccccc2)c1. The minimum atomic E-state index is -0.272. The Hall–Kier alpha value is -2.09. The summed E-state index contributed by atoms with van der Waals surface area (Å²) < 4.78 is 0. The van der Waals surface area contributed by atoms with Crippen LogP contribution in [0.1, 0.15) is 81.5 Å². The molecule has 2 aromatic rings. The molecular formula is C29H37NO. The molecule has 4 saturated carbocycles. The molecule has 0 saturated heterocycles. The average molecular weight is 416 g/mol. The first-order valence-electron chi connectivity index (χ1n) is 12.2. The number of benzene rings is 2. The monoisotopic (exact) mass is 415 g/mol. The van der Waals surface area contributed by atoms with Gasteiger partial charge in [-0.05, 0) is 92.7 Å². The van der Waals surface area contributed by atoms with Gasteiger partial charge in [-0.2, -0.15) is 0 Å². The van der Waals surface area contributed by atoms with Gasteiger partial charge in [0.2, 0.25) is 0 Å². The summed E-state index contributed by atoms with van der Waals surface area (Å²) in [7, 11) is 0. The molecular weight excluding hydrogens is 378 g/mol. The molecule has 0 heterocycles. The second-order valence-electron chi connectivity index (χ2n) is 11.5. The van der Waals surface area contributed by atoms with Crippen molar-refractivity contribution >= 4 is 6.21 Å². The predicted octanol–water partition coefficient (Wildman–Crippen LogP) is 7.05. The van der Waals surface area contributed by atoms with Crippen molar-refractivity contribution in [2.75, 3.05) is 0 Å². The molecule has 1 unspecified atom stereocenters. The van der Waals surface area contributed by atoms with Crippen LogP contribution in [0.25, 0.3) is 0 Å². The number of aryl methyl sites for hydroxylation is 1. The fraction of sp³-hybridized carbons (Fsp3) is 0.552. The molecule has 2 aromatic carbocycles. The molecule has 0 radical (unpaired) electrons. The minimum Gasteiger partial charge on any atom is -0.507 e. The van der Waals surface area contributed by atoms with Crippen LogP contribution in [0.3, 0.4) is 0 Å². The third-order valence-corrected chi connectivity index (χ3v) is 8.86. The van der Waals surface area contributed by atoms with Crippen LogP contribution in [-0.4, -0.2) is 17.4 Å². The van der Waals surface area contributed by atoms with Crippen molar-refractivity contribution in [3.63, 3.8) is 0 Å². The molecule has 0 amide bonds. The molecule has 6 rings (SSSR count). The topological polar surface area (TPSA) is 32.6 Å². The Kier molecular flexibility index (Phi) is 5.03. The molecule has 31 heavy (non-hydrogen) atoms. The van der Waals surface area contributed by atoms with Crippen LogP contribution < -0.4 is 0 Å². The van der Waals surface area contributed by atoms with Crippen LogP contribution in [0.5, 0.6) is 5.75 Å². The van der Waals surface area contributed by atoms with Crippen molar-refractivity contribution in [2.24, 2.45) is 28.2 Å². The zero-order valence-electron chi connectivity index (χ0n) is 19.6. The van der Waals surface area contributed by atoms with Gasteiger partial charge in [-0.1, -0.05) is 50.2 Å². The fourth-order valence-electron chi connectivity index (χ4n) is 7.43. The van der Waals surface area contributed by atoms with Crippen molar-refractivity contribution in [3.8, 4) is 5.75 Å². The highest BCUT2D eigenvalue weighted by atomic mass is 16.3. The highest BCUT2D eigenvalue weighted by molar-refractivity contribution is 5.85. The van der Waals surface area contributed by atoms with E-state index in [2.05, 4.69) is 64.1 Å². The molecule has 1 N–H and O–H groups in total. The van der Waals surface area contributed by atoms with Gasteiger partial charge >= 0.3 is 0 Å². The molecule has 4 aliphatic rings. The van der Waals surface area contributed by atoms with E-state index in [1.54, 1.807) is 0 Å². The molecule has 0 aromatic heterocycles. The molecule has 164 valence electrons. The lowest BCUT2D eigenvalue weighted by Crippen LogP contribution is -2.50. The molecule has 1 atom stereocenters. The first-order chi connectivity index (χ1) is 14.8. The first-order valence-corrected chi connectivity index (χ1v) is 12.2. The van der Waals surface area contributed by atoms with Crippen molar-refractivity contribution in [1.29, 1.82) is 0 Å². The molecule has 2 heteroatoms. The molecule has 2 nitrogen and oxygen atoms in total. The first kappa shape index (κ1) is 20.8. The minimum absolute atomic E-state index is 0.272. The third-order valence-electron chi connectivity index (χ3n) is 8.86. The quantitative estimate of drug-likeness (QED) is 0.521. The standard InChI is InChI=1S/C29H37NO/c1-19-10-24(27(31)26(11-19)28(3,4)25-8-6-5-7-9-25)18-30-20(2)29-15-21-12-22(16-29)14-23(13-21)17-29/h5-11,18,20-23,31H,12-17H2,1-4H3. The smallest absolute Gasteiger partial charge is 0.128 e. The van der Waals surface area contributed by atoms with Crippen molar-refractivity contribution in [1.82, 2.24) is 0 Å². The van der Waals surface area contributed by atoms with Crippen molar-refractivity contribution in [2.45, 2.75) is 77.7 Å². The molecule has 4 fully saturated rings. The summed E-state index contributed by atoms with van der Waals surface area (Å²) in [6.45, 7) is 8.82. The van der Waals surface area contributed by atoms with E-state index in [-0.39, 0.29) is 5.41 Å². The van der Waals surface area contributed by atoms with Gasteiger partial charge < -0.3 is 5.11 Å². The summed E-state index contributed by atoms with van der Waals surface area (Å²) in [5, 5.41) is 11.3. The van der Waals surface area contributed by atoms with Gasteiger partial charge in [-0.25, -0.2) is 0 Å². The largest absolute Gasteiger partial charge is 0.507 e. The van der Waals surface area contributed by atoms with E-state index in [9.17, 15) is 5.11 Å². The van der Waals surface area contributed by atoms with Crippen LogP contribution >= 0.6 is 0 Å². The van der Waals surface area contributed by atoms with Gasteiger partial charge in [-0.3, -0.25) is 4.99 Å². The van der Waals surface area contributed by atoms with Crippen molar-refractivity contribution in [3.05, 3.63) is 64.7 Å². The van der Waals surface area contributed by atoms with Crippen molar-refractivity contribution < 1.29 is 5.11 Å². The summed E-state index contributed by atoms with van der Waals surface area (Å²) in [6.07, 6.45) is 10.5. The Morgan fingerprint density at radius 2 is 1.58 bits per heavy atom. The van der Waals surface area contributed by atoms with E-state index in [0.29, 0.717) is 17.2 Å². The number of phenolic OH excluding ortho intramolecular Hbond substituents is 1. The van der Waals surface area contributed by atoms with Gasteiger partial charge in [-0.15, -0.1) is 0 Å². The summed E-state index contributed by atoms with van der Waals surface area (Å²) >= 11 is 0. The number of aromatic hydroxyl groups is 1. The number of hydrogen-bond donors (Lipinski definition) is 1. The van der Waals surface area contributed by atoms with E-state index in [1.165, 1.54) is 49.7 Å². The highest BCUT2D eigenvalue weighted by Crippen LogP contribution is 2.61. The zero-order chi connectivity index (χ0) is 21.8. The van der Waals surface area contributed by atoms with Crippen LogP contribution in [0.2, 0.25) is 0 Å². The van der Waals surface area contributed by atoms with Gasteiger partial charge in [0.1, 0.15) is 5.75 Å². The molecule has 4 bridgehead atoms. The molecule has 0 spiro atoms. The molecule has 4 aliphatic carbocycles. The maximum atomic E-state index is 11.3. The summed E-state index contributed by atoms with van der Waals surface area (Å²) in [5.41, 5.74) is 4.34. The normalized spacial score (nSPS) is 30.8. The second kappa shape index (κ2) is 7.50. The average Bonchev–Trinajstić information content (AvgIpc) is 2.73. The van der Waals surface area contributed by atoms with E-state index < -0.39 is 0 Å². The Morgan fingerprint density at radius 1 is 1.00 bits per heavy atom. The lowest BCUT2D eigenvalue weighted by Gasteiger charge is -2.58. The van der Waals surface area contributed by atoms with E-state index in [1.807, 2.05) is 12.3 Å². The number of nitrogens with zero attached hydrogens (tertiary/aromatic N) is 1. The van der Waals surface area contributed by atoms with Crippen LogP contribution in [-0.2, 0) is 5.41 Å². The van der Waals surface area contributed by atoms with Gasteiger partial charge in [0.05, 0.1) is 6.04 Å². The van der Waals surface area contributed by atoms with Crippen LogP contribution in [0.15, 0.2) is 47.5 Å². The maximum absolute atomic E-state index is 11.3. The van der Waals surface area contributed by atoms with Crippen LogP contribution in [0, 0.1) is 30.1 Å². The van der Waals surface area contributed by atoms with E-state index >= 15 is 0 Å². The lowest BCUT2D eigenvalue weighted by molar-refractivity contribution is -0.0632. The Labute approximate surface area is 187 Å². The predicted molar refractivity (Wildman–Crippen MR) is 129 cm³/mol. The lowest BCUT2D eigenvalue weighted by atomic mass is 9.48. The number of phenols is 1. The van der Waals surface area contributed by atoms with Gasteiger partial charge in [0.25, 0.3) is 0 Å². The summed E-state index contributed by atoms with van der Waals surface area (Å²) in [5.74, 6) is 3.19. The zero-order valence-corrected chi connectivity index (χ0v) is 19.6.